The largest absolute Gasteiger partial charge is 0.368 e. The normalized spacial score (nSPS) is 14.0. The maximum atomic E-state index is 13.8. The molecule has 6 nitrogen and oxygen atoms in total. The quantitative estimate of drug-likeness (QED) is 0.733. The first-order valence-electron chi connectivity index (χ1n) is 9.24. The predicted octanol–water partition coefficient (Wildman–Crippen LogP) is 3.46. The number of para-hydroxylation sites is 1. The van der Waals surface area contributed by atoms with Gasteiger partial charge in [0.25, 0.3) is 5.91 Å². The van der Waals surface area contributed by atoms with E-state index >= 15 is 0 Å². The first-order valence-corrected chi connectivity index (χ1v) is 9.24. The van der Waals surface area contributed by atoms with Gasteiger partial charge in [-0.3, -0.25) is 4.79 Å². The highest BCUT2D eigenvalue weighted by Gasteiger charge is 2.23. The third kappa shape index (κ3) is 4.31. The molecule has 1 fully saturated rings. The maximum absolute atomic E-state index is 13.8. The van der Waals surface area contributed by atoms with Gasteiger partial charge in [0.15, 0.2) is 0 Å². The van der Waals surface area contributed by atoms with Crippen molar-refractivity contribution < 1.29 is 13.6 Å². The van der Waals surface area contributed by atoms with Crippen molar-refractivity contribution in [1.82, 2.24) is 14.9 Å². The van der Waals surface area contributed by atoms with Crippen LogP contribution in [0.4, 0.5) is 26.1 Å². The number of aromatic nitrogens is 2. The van der Waals surface area contributed by atoms with Crippen LogP contribution in [0, 0.1) is 11.6 Å². The Hall–Kier alpha value is -3.55. The summed E-state index contributed by atoms with van der Waals surface area (Å²) >= 11 is 0. The molecule has 0 spiro atoms. The summed E-state index contributed by atoms with van der Waals surface area (Å²) in [6, 6.07) is 14.7. The van der Waals surface area contributed by atoms with Gasteiger partial charge in [0.05, 0.1) is 5.69 Å². The number of rotatable bonds is 4. The molecule has 1 amide bonds. The van der Waals surface area contributed by atoms with E-state index in [2.05, 4.69) is 32.3 Å². The lowest BCUT2D eigenvalue weighted by Gasteiger charge is -2.36. The molecule has 0 radical (unpaired) electrons. The molecule has 1 saturated heterocycles. The standard InChI is InChI=1S/C21H19F2N5O/c22-15-6-7-18(17(23)14-15)25-21-24-9-8-19(26-21)20(29)28-12-10-27(11-13-28)16-4-2-1-3-5-16/h1-9,14H,10-13H2,(H,24,25,26). The molecular formula is C21H19F2N5O. The number of amides is 1. The molecule has 2 heterocycles. The highest BCUT2D eigenvalue weighted by Crippen LogP contribution is 2.19. The van der Waals surface area contributed by atoms with E-state index in [1.165, 1.54) is 18.3 Å². The van der Waals surface area contributed by atoms with Gasteiger partial charge in [-0.25, -0.2) is 18.7 Å². The molecule has 0 saturated carbocycles. The summed E-state index contributed by atoms with van der Waals surface area (Å²) in [7, 11) is 0. The Morgan fingerprint density at radius 3 is 2.45 bits per heavy atom. The van der Waals surface area contributed by atoms with Crippen LogP contribution in [0.25, 0.3) is 0 Å². The Morgan fingerprint density at radius 1 is 0.966 bits per heavy atom. The third-order valence-electron chi connectivity index (χ3n) is 4.74. The lowest BCUT2D eigenvalue weighted by Crippen LogP contribution is -2.49. The zero-order valence-electron chi connectivity index (χ0n) is 15.6. The monoisotopic (exact) mass is 395 g/mol. The van der Waals surface area contributed by atoms with Crippen molar-refractivity contribution in [2.45, 2.75) is 0 Å². The first kappa shape index (κ1) is 18.8. The van der Waals surface area contributed by atoms with E-state index in [0.29, 0.717) is 13.1 Å². The lowest BCUT2D eigenvalue weighted by molar-refractivity contribution is 0.0741. The van der Waals surface area contributed by atoms with E-state index in [1.807, 2.05) is 18.2 Å². The van der Waals surface area contributed by atoms with E-state index in [0.717, 1.165) is 30.9 Å². The summed E-state index contributed by atoms with van der Waals surface area (Å²) in [5, 5.41) is 2.68. The molecule has 148 valence electrons. The smallest absolute Gasteiger partial charge is 0.272 e. The fourth-order valence-electron chi connectivity index (χ4n) is 3.22. The zero-order chi connectivity index (χ0) is 20.2. The van der Waals surface area contributed by atoms with Gasteiger partial charge < -0.3 is 15.1 Å². The fourth-order valence-corrected chi connectivity index (χ4v) is 3.22. The summed E-state index contributed by atoms with van der Waals surface area (Å²) in [5.41, 5.74) is 1.39. The second-order valence-corrected chi connectivity index (χ2v) is 6.63. The predicted molar refractivity (Wildman–Crippen MR) is 106 cm³/mol. The number of halogens is 2. The van der Waals surface area contributed by atoms with Crippen LogP contribution < -0.4 is 10.2 Å². The summed E-state index contributed by atoms with van der Waals surface area (Å²) in [6.07, 6.45) is 1.43. The average molecular weight is 395 g/mol. The molecule has 1 N–H and O–H groups in total. The van der Waals surface area contributed by atoms with Crippen molar-refractivity contribution in [3.63, 3.8) is 0 Å². The van der Waals surface area contributed by atoms with E-state index in [1.54, 1.807) is 4.90 Å². The van der Waals surface area contributed by atoms with E-state index < -0.39 is 11.6 Å². The van der Waals surface area contributed by atoms with E-state index in [9.17, 15) is 13.6 Å². The SMILES string of the molecule is O=C(c1ccnc(Nc2ccc(F)cc2F)n1)N1CCN(c2ccccc2)CC1. The number of carbonyl (C=O) groups excluding carboxylic acids is 1. The van der Waals surface area contributed by atoms with E-state index in [-0.39, 0.29) is 23.2 Å². The molecule has 4 rings (SSSR count). The maximum Gasteiger partial charge on any atom is 0.272 e. The number of nitrogens with zero attached hydrogens (tertiary/aromatic N) is 4. The second-order valence-electron chi connectivity index (χ2n) is 6.63. The van der Waals surface area contributed by atoms with Gasteiger partial charge in [-0.05, 0) is 30.3 Å². The molecule has 3 aromatic rings. The minimum Gasteiger partial charge on any atom is -0.368 e. The molecule has 0 bridgehead atoms. The Balaban J connectivity index is 1.42. The molecule has 1 aromatic heterocycles. The van der Waals surface area contributed by atoms with Gasteiger partial charge in [0, 0.05) is 44.1 Å². The number of hydrogen-bond acceptors (Lipinski definition) is 5. The zero-order valence-corrected chi connectivity index (χ0v) is 15.6. The Labute approximate surface area is 166 Å². The number of piperazine rings is 1. The van der Waals surface area contributed by atoms with Crippen molar-refractivity contribution in [3.05, 3.63) is 78.1 Å². The average Bonchev–Trinajstić information content (AvgIpc) is 2.76. The summed E-state index contributed by atoms with van der Waals surface area (Å²) in [6.45, 7) is 2.61. The van der Waals surface area contributed by atoms with Crippen LogP contribution in [0.1, 0.15) is 10.5 Å². The molecule has 2 aromatic carbocycles. The number of benzene rings is 2. The number of carbonyl (C=O) groups is 1. The third-order valence-corrected chi connectivity index (χ3v) is 4.74. The van der Waals surface area contributed by atoms with Gasteiger partial charge >= 0.3 is 0 Å². The highest BCUT2D eigenvalue weighted by atomic mass is 19.1. The topological polar surface area (TPSA) is 61.4 Å². The first-order chi connectivity index (χ1) is 14.1. The van der Waals surface area contributed by atoms with Crippen LogP contribution in [0.5, 0.6) is 0 Å². The van der Waals surface area contributed by atoms with Crippen LogP contribution in [-0.4, -0.2) is 47.0 Å². The van der Waals surface area contributed by atoms with Gasteiger partial charge in [-0.15, -0.1) is 0 Å². The van der Waals surface area contributed by atoms with Gasteiger partial charge in [-0.2, -0.15) is 0 Å². The molecule has 0 aliphatic carbocycles. The van der Waals surface area contributed by atoms with Crippen molar-refractivity contribution in [1.29, 1.82) is 0 Å². The van der Waals surface area contributed by atoms with E-state index in [4.69, 9.17) is 0 Å². The molecule has 1 aliphatic rings. The minimum absolute atomic E-state index is 0.0347. The highest BCUT2D eigenvalue weighted by molar-refractivity contribution is 5.92. The summed E-state index contributed by atoms with van der Waals surface area (Å²) in [5.74, 6) is -1.57. The van der Waals surface area contributed by atoms with Crippen LogP contribution in [-0.2, 0) is 0 Å². The van der Waals surface area contributed by atoms with Crippen LogP contribution in [0.15, 0.2) is 60.8 Å². The van der Waals surface area contributed by atoms with Gasteiger partial charge in [0.2, 0.25) is 5.95 Å². The fraction of sp³-hybridized carbons (Fsp3) is 0.190. The lowest BCUT2D eigenvalue weighted by atomic mass is 10.2. The van der Waals surface area contributed by atoms with Crippen molar-refractivity contribution in [3.8, 4) is 0 Å². The summed E-state index contributed by atoms with van der Waals surface area (Å²) in [4.78, 5) is 25.0. The number of anilines is 3. The van der Waals surface area contributed by atoms with Crippen LogP contribution in [0.2, 0.25) is 0 Å². The Bertz CT molecular complexity index is 1010. The Morgan fingerprint density at radius 2 is 1.72 bits per heavy atom. The molecule has 8 heteroatoms. The minimum atomic E-state index is -0.762. The molecule has 29 heavy (non-hydrogen) atoms. The second kappa shape index (κ2) is 8.22. The molecular weight excluding hydrogens is 376 g/mol. The van der Waals surface area contributed by atoms with Gasteiger partial charge in [0.1, 0.15) is 17.3 Å². The molecule has 1 aliphatic heterocycles. The Kier molecular flexibility index (Phi) is 5.33. The summed E-state index contributed by atoms with van der Waals surface area (Å²) < 4.78 is 26.9. The van der Waals surface area contributed by atoms with Gasteiger partial charge in [-0.1, -0.05) is 18.2 Å². The van der Waals surface area contributed by atoms with Crippen LogP contribution in [0.3, 0.4) is 0 Å². The van der Waals surface area contributed by atoms with Crippen molar-refractivity contribution in [2.75, 3.05) is 36.4 Å². The number of hydrogen-bond donors (Lipinski definition) is 1. The molecule has 0 atom stereocenters. The van der Waals surface area contributed by atoms with Crippen molar-refractivity contribution in [2.24, 2.45) is 0 Å². The van der Waals surface area contributed by atoms with Crippen LogP contribution >= 0.6 is 0 Å². The molecule has 0 unspecified atom stereocenters. The van der Waals surface area contributed by atoms with Crippen molar-refractivity contribution >= 4 is 23.2 Å². The number of nitrogens with one attached hydrogen (secondary N) is 1.